The molecule has 3 rings (SSSR count). The van der Waals surface area contributed by atoms with Crippen molar-refractivity contribution >= 4 is 0 Å². The first-order valence-corrected chi connectivity index (χ1v) is 6.56. The van der Waals surface area contributed by atoms with Crippen molar-refractivity contribution in [2.24, 2.45) is 0 Å². The second-order valence-corrected chi connectivity index (χ2v) is 4.93. The molecule has 1 nitrogen and oxygen atoms in total. The molecule has 0 N–H and O–H groups in total. The highest BCUT2D eigenvalue weighted by Gasteiger charge is 2.17. The highest BCUT2D eigenvalue weighted by molar-refractivity contribution is 5.74. The minimum absolute atomic E-state index is 0.975. The molecule has 2 aromatic rings. The lowest BCUT2D eigenvalue weighted by Gasteiger charge is -2.13. The van der Waals surface area contributed by atoms with Gasteiger partial charge in [0.2, 0.25) is 0 Å². The molecule has 92 valence electrons. The van der Waals surface area contributed by atoms with Gasteiger partial charge >= 0.3 is 0 Å². The van der Waals surface area contributed by atoms with Gasteiger partial charge in [-0.2, -0.15) is 0 Å². The summed E-state index contributed by atoms with van der Waals surface area (Å²) in [5.41, 5.74) is 7.00. The largest absolute Gasteiger partial charge is 0.496 e. The first-order chi connectivity index (χ1) is 8.81. The van der Waals surface area contributed by atoms with Crippen LogP contribution in [0.4, 0.5) is 0 Å². The van der Waals surface area contributed by atoms with Crippen LogP contribution in [0.15, 0.2) is 36.4 Å². The zero-order valence-corrected chi connectivity index (χ0v) is 11.0. The Balaban J connectivity index is 2.19. The van der Waals surface area contributed by atoms with E-state index >= 15 is 0 Å². The van der Waals surface area contributed by atoms with E-state index in [1.807, 2.05) is 6.07 Å². The summed E-state index contributed by atoms with van der Waals surface area (Å²) in [5, 5.41) is 0. The third kappa shape index (κ3) is 1.71. The minimum atomic E-state index is 0.975. The average Bonchev–Trinajstić information content (AvgIpc) is 2.87. The van der Waals surface area contributed by atoms with Crippen LogP contribution in [-0.4, -0.2) is 7.11 Å². The smallest absolute Gasteiger partial charge is 0.122 e. The molecule has 1 aliphatic rings. The van der Waals surface area contributed by atoms with Gasteiger partial charge < -0.3 is 4.74 Å². The van der Waals surface area contributed by atoms with Crippen LogP contribution < -0.4 is 4.74 Å². The van der Waals surface area contributed by atoms with Crippen LogP contribution in [0.5, 0.6) is 5.75 Å². The summed E-state index contributed by atoms with van der Waals surface area (Å²) >= 11 is 0. The molecule has 0 bridgehead atoms. The van der Waals surface area contributed by atoms with E-state index in [9.17, 15) is 0 Å². The van der Waals surface area contributed by atoms with Gasteiger partial charge in [-0.25, -0.2) is 0 Å². The Hall–Kier alpha value is -1.76. The minimum Gasteiger partial charge on any atom is -0.496 e. The molecular formula is C17H18O. The maximum Gasteiger partial charge on any atom is 0.122 e. The number of ether oxygens (including phenoxy) is 1. The first-order valence-electron chi connectivity index (χ1n) is 6.56. The van der Waals surface area contributed by atoms with Crippen LogP contribution in [-0.2, 0) is 12.8 Å². The molecule has 0 amide bonds. The molecule has 0 heterocycles. The molecule has 0 saturated carbocycles. The van der Waals surface area contributed by atoms with E-state index < -0.39 is 0 Å². The van der Waals surface area contributed by atoms with Gasteiger partial charge in [0.1, 0.15) is 5.75 Å². The lowest BCUT2D eigenvalue weighted by Crippen LogP contribution is -1.93. The molecule has 2 aromatic carbocycles. The fourth-order valence-corrected chi connectivity index (χ4v) is 3.00. The van der Waals surface area contributed by atoms with Gasteiger partial charge in [0.25, 0.3) is 0 Å². The second kappa shape index (κ2) is 4.49. The maximum absolute atomic E-state index is 5.43. The van der Waals surface area contributed by atoms with Crippen LogP contribution in [0, 0.1) is 6.92 Å². The topological polar surface area (TPSA) is 9.23 Å². The van der Waals surface area contributed by atoms with Gasteiger partial charge in [-0.05, 0) is 60.1 Å². The number of methoxy groups -OCH3 is 1. The van der Waals surface area contributed by atoms with Gasteiger partial charge in [0, 0.05) is 0 Å². The van der Waals surface area contributed by atoms with Crippen molar-refractivity contribution < 1.29 is 4.74 Å². The Labute approximate surface area is 108 Å². The van der Waals surface area contributed by atoms with Gasteiger partial charge in [-0.3, -0.25) is 0 Å². The summed E-state index contributed by atoms with van der Waals surface area (Å²) in [5.74, 6) is 0.975. The number of rotatable bonds is 2. The van der Waals surface area contributed by atoms with Crippen molar-refractivity contribution in [3.05, 3.63) is 53.1 Å². The number of benzene rings is 2. The van der Waals surface area contributed by atoms with E-state index in [1.165, 1.54) is 47.1 Å². The Bertz CT molecular complexity index is 584. The molecule has 0 aromatic heterocycles. The standard InChI is InChI=1S/C17H18O/c1-12-14(8-5-11-17(12)18-2)16-10-4-7-13-6-3-9-15(13)16/h4-5,7-8,10-11H,3,6,9H2,1-2H3. The molecule has 0 atom stereocenters. The van der Waals surface area contributed by atoms with Gasteiger partial charge in [-0.1, -0.05) is 30.3 Å². The lowest BCUT2D eigenvalue weighted by molar-refractivity contribution is 0.412. The second-order valence-electron chi connectivity index (χ2n) is 4.93. The van der Waals surface area contributed by atoms with E-state index in [-0.39, 0.29) is 0 Å². The van der Waals surface area contributed by atoms with Crippen molar-refractivity contribution in [2.75, 3.05) is 7.11 Å². The summed E-state index contributed by atoms with van der Waals surface area (Å²) in [6, 6.07) is 13.0. The van der Waals surface area contributed by atoms with Gasteiger partial charge in [-0.15, -0.1) is 0 Å². The molecule has 0 radical (unpaired) electrons. The SMILES string of the molecule is COc1cccc(-c2cccc3c2CCC3)c1C. The summed E-state index contributed by atoms with van der Waals surface area (Å²) in [4.78, 5) is 0. The molecule has 0 saturated heterocycles. The first kappa shape index (κ1) is 11.3. The highest BCUT2D eigenvalue weighted by atomic mass is 16.5. The number of aryl methyl sites for hydroxylation is 1. The fraction of sp³-hybridized carbons (Fsp3) is 0.294. The van der Waals surface area contributed by atoms with Gasteiger partial charge in [0.15, 0.2) is 0 Å². The van der Waals surface area contributed by atoms with Gasteiger partial charge in [0.05, 0.1) is 7.11 Å². The summed E-state index contributed by atoms with van der Waals surface area (Å²) in [7, 11) is 1.74. The quantitative estimate of drug-likeness (QED) is 0.763. The van der Waals surface area contributed by atoms with Crippen molar-refractivity contribution in [3.63, 3.8) is 0 Å². The number of hydrogen-bond donors (Lipinski definition) is 0. The zero-order chi connectivity index (χ0) is 12.5. The van der Waals surface area contributed by atoms with Crippen molar-refractivity contribution in [1.29, 1.82) is 0 Å². The summed E-state index contributed by atoms with van der Waals surface area (Å²) < 4.78 is 5.43. The average molecular weight is 238 g/mol. The molecule has 1 heteroatoms. The molecular weight excluding hydrogens is 220 g/mol. The molecule has 0 unspecified atom stereocenters. The van der Waals surface area contributed by atoms with Crippen LogP contribution in [0.1, 0.15) is 23.1 Å². The summed E-state index contributed by atoms with van der Waals surface area (Å²) in [6.45, 7) is 2.14. The molecule has 0 spiro atoms. The summed E-state index contributed by atoms with van der Waals surface area (Å²) in [6.07, 6.45) is 3.73. The fourth-order valence-electron chi connectivity index (χ4n) is 3.00. The number of hydrogen-bond acceptors (Lipinski definition) is 1. The monoisotopic (exact) mass is 238 g/mol. The third-order valence-corrected chi connectivity index (χ3v) is 3.94. The molecule has 0 fully saturated rings. The maximum atomic E-state index is 5.43. The Kier molecular flexibility index (Phi) is 2.83. The predicted octanol–water partition coefficient (Wildman–Crippen LogP) is 4.16. The predicted molar refractivity (Wildman–Crippen MR) is 75.2 cm³/mol. The highest BCUT2D eigenvalue weighted by Crippen LogP contribution is 2.36. The van der Waals surface area contributed by atoms with Crippen molar-refractivity contribution in [2.45, 2.75) is 26.2 Å². The van der Waals surface area contributed by atoms with E-state index in [0.717, 1.165) is 5.75 Å². The van der Waals surface area contributed by atoms with Crippen LogP contribution in [0.2, 0.25) is 0 Å². The van der Waals surface area contributed by atoms with Crippen LogP contribution in [0.3, 0.4) is 0 Å². The Morgan fingerprint density at radius 2 is 1.72 bits per heavy atom. The number of fused-ring (bicyclic) bond motifs is 1. The van der Waals surface area contributed by atoms with E-state index in [4.69, 9.17) is 4.74 Å². The van der Waals surface area contributed by atoms with E-state index in [2.05, 4.69) is 37.3 Å². The van der Waals surface area contributed by atoms with E-state index in [1.54, 1.807) is 7.11 Å². The molecule has 18 heavy (non-hydrogen) atoms. The zero-order valence-electron chi connectivity index (χ0n) is 11.0. The van der Waals surface area contributed by atoms with Crippen molar-refractivity contribution in [1.82, 2.24) is 0 Å². The van der Waals surface area contributed by atoms with Crippen molar-refractivity contribution in [3.8, 4) is 16.9 Å². The third-order valence-electron chi connectivity index (χ3n) is 3.94. The molecule has 0 aliphatic heterocycles. The van der Waals surface area contributed by atoms with Crippen LogP contribution in [0.25, 0.3) is 11.1 Å². The van der Waals surface area contributed by atoms with E-state index in [0.29, 0.717) is 0 Å². The Morgan fingerprint density at radius 1 is 0.944 bits per heavy atom. The van der Waals surface area contributed by atoms with Crippen LogP contribution >= 0.6 is 0 Å². The Morgan fingerprint density at radius 3 is 2.56 bits per heavy atom. The molecule has 1 aliphatic carbocycles. The lowest BCUT2D eigenvalue weighted by atomic mass is 9.93. The normalized spacial score (nSPS) is 13.4.